The molecule has 0 saturated carbocycles. The molecule has 3 N–H and O–H groups in total. The first-order valence-corrected chi connectivity index (χ1v) is 10.8. The molecule has 1 aromatic rings. The molecule has 0 radical (unpaired) electrons. The number of carbonyl (C=O) groups is 1. The minimum atomic E-state index is -3.55. The highest BCUT2D eigenvalue weighted by molar-refractivity contribution is 7.89. The number of hydrogen-bond donors (Lipinski definition) is 3. The molecule has 1 amide bonds. The van der Waals surface area contributed by atoms with Crippen LogP contribution in [0, 0.1) is 11.7 Å². The molecular formula is C17H24ClFN4O3S. The van der Waals surface area contributed by atoms with E-state index in [1.165, 1.54) is 22.5 Å². The van der Waals surface area contributed by atoms with Crippen LogP contribution < -0.4 is 16.2 Å². The van der Waals surface area contributed by atoms with Crippen LogP contribution in [0.3, 0.4) is 0 Å². The third-order valence-electron chi connectivity index (χ3n) is 5.17. The Kier molecular flexibility index (Phi) is 6.07. The number of anilines is 1. The quantitative estimate of drug-likeness (QED) is 0.692. The van der Waals surface area contributed by atoms with Crippen LogP contribution in [0.15, 0.2) is 18.2 Å². The second-order valence-corrected chi connectivity index (χ2v) is 9.69. The zero-order valence-electron chi connectivity index (χ0n) is 15.2. The van der Waals surface area contributed by atoms with Crippen molar-refractivity contribution in [1.29, 1.82) is 0 Å². The lowest BCUT2D eigenvalue weighted by molar-refractivity contribution is -0.120. The van der Waals surface area contributed by atoms with Crippen LogP contribution in [-0.4, -0.2) is 49.1 Å². The lowest BCUT2D eigenvalue weighted by Crippen LogP contribution is -2.51. The van der Waals surface area contributed by atoms with Gasteiger partial charge in [0.1, 0.15) is 11.1 Å². The molecule has 3 unspecified atom stereocenters. The van der Waals surface area contributed by atoms with Gasteiger partial charge in [-0.2, -0.15) is 0 Å². The maximum atomic E-state index is 13.3. The van der Waals surface area contributed by atoms with Crippen LogP contribution in [0.5, 0.6) is 0 Å². The monoisotopic (exact) mass is 418 g/mol. The first-order chi connectivity index (χ1) is 12.7. The van der Waals surface area contributed by atoms with E-state index in [-0.39, 0.29) is 29.6 Å². The van der Waals surface area contributed by atoms with Crippen LogP contribution in [0.2, 0.25) is 5.02 Å². The Bertz CT molecular complexity index is 812. The maximum Gasteiger partial charge on any atom is 0.228 e. The summed E-state index contributed by atoms with van der Waals surface area (Å²) in [5.41, 5.74) is 6.31. The molecule has 0 bridgehead atoms. The number of carbonyl (C=O) groups excluding carboxylic acids is 1. The van der Waals surface area contributed by atoms with Gasteiger partial charge in [-0.3, -0.25) is 15.6 Å². The first-order valence-electron chi connectivity index (χ1n) is 8.96. The standard InChI is InChI=1S/C17H24ClFN4O3S/c1-10-16(11(2)22-21-10)27(25,26)23-7-3-4-12(9-23)17(24)20-13-5-6-15(19)14(18)8-13/h5-6,8,10-12,16,21-22H,3-4,7,9H2,1-2H3,(H,20,24). The Morgan fingerprint density at radius 1 is 1.30 bits per heavy atom. The summed E-state index contributed by atoms with van der Waals surface area (Å²) in [4.78, 5) is 12.6. The molecule has 2 aliphatic rings. The van der Waals surface area contributed by atoms with E-state index in [4.69, 9.17) is 11.6 Å². The predicted molar refractivity (Wildman–Crippen MR) is 102 cm³/mol. The van der Waals surface area contributed by atoms with Gasteiger partial charge < -0.3 is 5.32 Å². The number of piperidine rings is 1. The average molecular weight is 419 g/mol. The summed E-state index contributed by atoms with van der Waals surface area (Å²) >= 11 is 5.74. The molecule has 3 rings (SSSR count). The summed E-state index contributed by atoms with van der Waals surface area (Å²) in [6.07, 6.45) is 1.21. The second kappa shape index (κ2) is 8.00. The van der Waals surface area contributed by atoms with Crippen LogP contribution in [0.4, 0.5) is 10.1 Å². The van der Waals surface area contributed by atoms with Crippen molar-refractivity contribution in [2.45, 2.75) is 44.0 Å². The molecule has 27 heavy (non-hydrogen) atoms. The summed E-state index contributed by atoms with van der Waals surface area (Å²) in [5, 5.41) is 2.04. The molecule has 1 aromatic carbocycles. The van der Waals surface area contributed by atoms with Gasteiger partial charge in [0.25, 0.3) is 0 Å². The van der Waals surface area contributed by atoms with E-state index < -0.39 is 27.0 Å². The van der Waals surface area contributed by atoms with Crippen LogP contribution in [0.1, 0.15) is 26.7 Å². The molecule has 2 saturated heterocycles. The van der Waals surface area contributed by atoms with Gasteiger partial charge in [0.15, 0.2) is 0 Å². The maximum absolute atomic E-state index is 13.3. The van der Waals surface area contributed by atoms with Crippen LogP contribution in [0.25, 0.3) is 0 Å². The molecule has 0 aromatic heterocycles. The van der Waals surface area contributed by atoms with Crippen molar-refractivity contribution in [1.82, 2.24) is 15.2 Å². The topological polar surface area (TPSA) is 90.5 Å². The lowest BCUT2D eigenvalue weighted by atomic mass is 9.98. The molecular weight excluding hydrogens is 395 g/mol. The van der Waals surface area contributed by atoms with Gasteiger partial charge in [-0.15, -0.1) is 0 Å². The summed E-state index contributed by atoms with van der Waals surface area (Å²) in [6, 6.07) is 3.50. The number of benzene rings is 1. The molecule has 150 valence electrons. The van der Waals surface area contributed by atoms with Gasteiger partial charge in [-0.05, 0) is 44.9 Å². The minimum Gasteiger partial charge on any atom is -0.326 e. The summed E-state index contributed by atoms with van der Waals surface area (Å²) in [7, 11) is -3.55. The Hall–Kier alpha value is -1.26. The Morgan fingerprint density at radius 2 is 1.96 bits per heavy atom. The number of halogens is 2. The molecule has 3 atom stereocenters. The molecule has 2 aliphatic heterocycles. The summed E-state index contributed by atoms with van der Waals surface area (Å²) in [6.45, 7) is 4.19. The molecule has 2 fully saturated rings. The van der Waals surface area contributed by atoms with Crippen molar-refractivity contribution >= 4 is 33.2 Å². The number of rotatable bonds is 4. The highest BCUT2D eigenvalue weighted by Crippen LogP contribution is 2.27. The summed E-state index contributed by atoms with van der Waals surface area (Å²) in [5.74, 6) is -1.32. The van der Waals surface area contributed by atoms with E-state index in [1.807, 2.05) is 13.8 Å². The van der Waals surface area contributed by atoms with E-state index in [0.29, 0.717) is 25.1 Å². The van der Waals surface area contributed by atoms with Crippen molar-refractivity contribution in [2.24, 2.45) is 5.92 Å². The number of hydrogen-bond acceptors (Lipinski definition) is 5. The van der Waals surface area contributed by atoms with E-state index in [0.717, 1.165) is 0 Å². The Morgan fingerprint density at radius 3 is 2.59 bits per heavy atom. The predicted octanol–water partition coefficient (Wildman–Crippen LogP) is 1.71. The number of amides is 1. The van der Waals surface area contributed by atoms with Crippen molar-refractivity contribution in [3.05, 3.63) is 29.0 Å². The van der Waals surface area contributed by atoms with Gasteiger partial charge in [0.2, 0.25) is 15.9 Å². The molecule has 0 aliphatic carbocycles. The van der Waals surface area contributed by atoms with Crippen molar-refractivity contribution in [3.8, 4) is 0 Å². The largest absolute Gasteiger partial charge is 0.326 e. The number of nitrogens with one attached hydrogen (secondary N) is 3. The van der Waals surface area contributed by atoms with Crippen LogP contribution in [-0.2, 0) is 14.8 Å². The summed E-state index contributed by atoms with van der Waals surface area (Å²) < 4.78 is 40.8. The fraction of sp³-hybridized carbons (Fsp3) is 0.588. The van der Waals surface area contributed by atoms with Crippen LogP contribution >= 0.6 is 11.6 Å². The van der Waals surface area contributed by atoms with Gasteiger partial charge in [-0.1, -0.05) is 11.6 Å². The zero-order chi connectivity index (χ0) is 19.8. The van der Waals surface area contributed by atoms with E-state index >= 15 is 0 Å². The molecule has 2 heterocycles. The normalized spacial score (nSPS) is 29.6. The zero-order valence-corrected chi connectivity index (χ0v) is 16.8. The third kappa shape index (κ3) is 4.27. The lowest BCUT2D eigenvalue weighted by Gasteiger charge is -2.34. The number of hydrazine groups is 1. The van der Waals surface area contributed by atoms with Gasteiger partial charge in [-0.25, -0.2) is 17.1 Å². The molecule has 0 spiro atoms. The number of nitrogens with zero attached hydrogens (tertiary/aromatic N) is 1. The highest BCUT2D eigenvalue weighted by Gasteiger charge is 2.45. The molecule has 7 nitrogen and oxygen atoms in total. The Labute approximate surface area is 163 Å². The Balaban J connectivity index is 1.70. The van der Waals surface area contributed by atoms with Crippen molar-refractivity contribution < 1.29 is 17.6 Å². The highest BCUT2D eigenvalue weighted by atomic mass is 35.5. The second-order valence-electron chi connectivity index (χ2n) is 7.19. The van der Waals surface area contributed by atoms with Crippen molar-refractivity contribution in [3.63, 3.8) is 0 Å². The fourth-order valence-corrected chi connectivity index (χ4v) is 6.22. The minimum absolute atomic E-state index is 0.0788. The smallest absolute Gasteiger partial charge is 0.228 e. The van der Waals surface area contributed by atoms with E-state index in [1.54, 1.807) is 0 Å². The third-order valence-corrected chi connectivity index (χ3v) is 8.02. The van der Waals surface area contributed by atoms with Gasteiger partial charge in [0, 0.05) is 30.9 Å². The van der Waals surface area contributed by atoms with Gasteiger partial charge in [0.05, 0.1) is 10.9 Å². The SMILES string of the molecule is CC1NNC(C)C1S(=O)(=O)N1CCCC(C(=O)Nc2ccc(F)c(Cl)c2)C1. The van der Waals surface area contributed by atoms with Gasteiger partial charge >= 0.3 is 0 Å². The van der Waals surface area contributed by atoms with E-state index in [9.17, 15) is 17.6 Å². The average Bonchev–Trinajstić information content (AvgIpc) is 2.97. The number of sulfonamides is 1. The first kappa shape index (κ1) is 20.5. The fourth-order valence-electron chi connectivity index (χ4n) is 3.75. The van der Waals surface area contributed by atoms with Crippen molar-refractivity contribution in [2.75, 3.05) is 18.4 Å². The molecule has 10 heteroatoms. The van der Waals surface area contributed by atoms with E-state index in [2.05, 4.69) is 16.2 Å².